The maximum Gasteiger partial charge on any atom is 0.343 e. The molecular formula is C33H27Br2NO7. The number of ketones is 1. The standard InChI is InChI=1S/C33H27Br2NO7/c34-28-22-16-23(29(28)35)27-26(22)30(38)36(31(27)39)24(15-18-7-3-1-4-8-18)33(41)42-17-25(37)19-11-13-21(14-12-19)43-32(40)20-9-5-2-6-10-20/h1-14,22-24,26-29H,15-17H2. The number of likely N-dealkylation sites (tertiary alicyclic amines) is 1. The molecule has 220 valence electrons. The molecule has 2 saturated carbocycles. The van der Waals surface area contributed by atoms with Crippen LogP contribution in [0.15, 0.2) is 84.9 Å². The molecule has 1 aliphatic heterocycles. The highest BCUT2D eigenvalue weighted by Crippen LogP contribution is 2.60. The number of hydrogen-bond donors (Lipinski definition) is 0. The van der Waals surface area contributed by atoms with Gasteiger partial charge in [0.1, 0.15) is 11.8 Å². The lowest BCUT2D eigenvalue weighted by Gasteiger charge is -2.28. The molecule has 7 unspecified atom stereocenters. The van der Waals surface area contributed by atoms with E-state index in [9.17, 15) is 24.0 Å². The number of alkyl halides is 2. The van der Waals surface area contributed by atoms with Crippen molar-refractivity contribution >= 4 is 61.4 Å². The number of carbonyl (C=O) groups is 5. The van der Waals surface area contributed by atoms with Crippen LogP contribution in [0.1, 0.15) is 32.7 Å². The van der Waals surface area contributed by atoms with Gasteiger partial charge in [-0.25, -0.2) is 9.59 Å². The molecule has 1 heterocycles. The van der Waals surface area contributed by atoms with Crippen molar-refractivity contribution < 1.29 is 33.4 Å². The van der Waals surface area contributed by atoms with Gasteiger partial charge >= 0.3 is 11.9 Å². The topological polar surface area (TPSA) is 107 Å². The highest BCUT2D eigenvalue weighted by molar-refractivity contribution is 9.12. The van der Waals surface area contributed by atoms with E-state index in [-0.39, 0.29) is 51.0 Å². The van der Waals surface area contributed by atoms with Gasteiger partial charge in [-0.3, -0.25) is 19.3 Å². The Balaban J connectivity index is 1.14. The summed E-state index contributed by atoms with van der Waals surface area (Å²) in [7, 11) is 0. The van der Waals surface area contributed by atoms with Crippen LogP contribution in [0.4, 0.5) is 0 Å². The number of ether oxygens (including phenoxy) is 2. The zero-order valence-corrected chi connectivity index (χ0v) is 26.0. The van der Waals surface area contributed by atoms with Crippen LogP contribution in [-0.4, -0.2) is 56.7 Å². The summed E-state index contributed by atoms with van der Waals surface area (Å²) in [5, 5.41) is 0. The lowest BCUT2D eigenvalue weighted by molar-refractivity contribution is -0.158. The van der Waals surface area contributed by atoms with Gasteiger partial charge in [-0.2, -0.15) is 0 Å². The Morgan fingerprint density at radius 1 is 0.767 bits per heavy atom. The maximum atomic E-state index is 13.7. The average Bonchev–Trinajstić information content (AvgIpc) is 3.64. The lowest BCUT2D eigenvalue weighted by atomic mass is 9.81. The molecule has 3 aromatic carbocycles. The first-order valence-electron chi connectivity index (χ1n) is 14.0. The third-order valence-electron chi connectivity index (χ3n) is 8.62. The Morgan fingerprint density at radius 2 is 1.33 bits per heavy atom. The minimum atomic E-state index is -1.19. The summed E-state index contributed by atoms with van der Waals surface area (Å²) in [5.41, 5.74) is 1.40. The number of fused-ring (bicyclic) bond motifs is 5. The van der Waals surface area contributed by atoms with Gasteiger partial charge in [-0.1, -0.05) is 80.4 Å². The van der Waals surface area contributed by atoms with E-state index in [1.165, 1.54) is 24.3 Å². The predicted molar refractivity (Wildman–Crippen MR) is 163 cm³/mol. The Bertz CT molecular complexity index is 1530. The predicted octanol–water partition coefficient (Wildman–Crippen LogP) is 5.02. The average molecular weight is 709 g/mol. The van der Waals surface area contributed by atoms with Crippen LogP contribution in [0.3, 0.4) is 0 Å². The molecule has 0 aromatic heterocycles. The SMILES string of the molecule is O=C(COC(=O)C(Cc1ccccc1)N1C(=O)C2C3CC(C(Br)C3Br)C2C1=O)c1ccc(OC(=O)c2ccccc2)cc1. The second-order valence-electron chi connectivity index (χ2n) is 11.1. The monoisotopic (exact) mass is 707 g/mol. The van der Waals surface area contributed by atoms with E-state index in [0.29, 0.717) is 5.56 Å². The fourth-order valence-corrected chi connectivity index (χ4v) is 8.44. The number of imide groups is 1. The van der Waals surface area contributed by atoms with Crippen molar-refractivity contribution in [3.63, 3.8) is 0 Å². The van der Waals surface area contributed by atoms with Gasteiger partial charge in [0.05, 0.1) is 17.4 Å². The van der Waals surface area contributed by atoms with Gasteiger partial charge in [0.2, 0.25) is 11.8 Å². The minimum Gasteiger partial charge on any atom is -0.456 e. The maximum absolute atomic E-state index is 13.7. The van der Waals surface area contributed by atoms with Gasteiger partial charge in [0.15, 0.2) is 12.4 Å². The first kappa shape index (κ1) is 29.4. The number of Topliss-reactive ketones (excluding diaryl/α,β-unsaturated/α-hetero) is 1. The summed E-state index contributed by atoms with van der Waals surface area (Å²) in [6.45, 7) is -0.575. The molecule has 2 bridgehead atoms. The number of halogens is 2. The molecule has 0 spiro atoms. The minimum absolute atomic E-state index is 0.00531. The van der Waals surface area contributed by atoms with E-state index in [1.807, 2.05) is 30.3 Å². The molecule has 2 amide bonds. The van der Waals surface area contributed by atoms with Gasteiger partial charge in [0.25, 0.3) is 0 Å². The van der Waals surface area contributed by atoms with Gasteiger partial charge in [0, 0.05) is 21.6 Å². The smallest absolute Gasteiger partial charge is 0.343 e. The van der Waals surface area contributed by atoms with Crippen LogP contribution < -0.4 is 4.74 Å². The van der Waals surface area contributed by atoms with E-state index < -0.39 is 42.2 Å². The van der Waals surface area contributed by atoms with Gasteiger partial charge in [-0.05, 0) is 60.2 Å². The second kappa shape index (κ2) is 12.2. The van der Waals surface area contributed by atoms with Gasteiger partial charge < -0.3 is 9.47 Å². The molecule has 3 aliphatic rings. The van der Waals surface area contributed by atoms with Crippen LogP contribution in [0.25, 0.3) is 0 Å². The Kier molecular flexibility index (Phi) is 8.33. The van der Waals surface area contributed by atoms with E-state index >= 15 is 0 Å². The van der Waals surface area contributed by atoms with Crippen molar-refractivity contribution in [2.24, 2.45) is 23.7 Å². The molecular weight excluding hydrogens is 682 g/mol. The molecule has 2 aliphatic carbocycles. The number of benzene rings is 3. The van der Waals surface area contributed by atoms with E-state index in [2.05, 4.69) is 31.9 Å². The molecule has 0 N–H and O–H groups in total. The lowest BCUT2D eigenvalue weighted by Crippen LogP contribution is -2.48. The Morgan fingerprint density at radius 3 is 1.91 bits per heavy atom. The fourth-order valence-electron chi connectivity index (χ4n) is 6.56. The van der Waals surface area contributed by atoms with Crippen molar-refractivity contribution in [2.75, 3.05) is 6.61 Å². The largest absolute Gasteiger partial charge is 0.456 e. The molecule has 1 saturated heterocycles. The van der Waals surface area contributed by atoms with E-state index in [1.54, 1.807) is 30.3 Å². The quantitative estimate of drug-likeness (QED) is 0.101. The Labute approximate surface area is 265 Å². The number of esters is 2. The van der Waals surface area contributed by atoms with Gasteiger partial charge in [-0.15, -0.1) is 0 Å². The molecule has 0 radical (unpaired) electrons. The van der Waals surface area contributed by atoms with Crippen LogP contribution in [-0.2, 0) is 25.5 Å². The molecule has 6 rings (SSSR count). The van der Waals surface area contributed by atoms with Crippen molar-refractivity contribution in [2.45, 2.75) is 28.5 Å². The molecule has 10 heteroatoms. The first-order valence-corrected chi connectivity index (χ1v) is 15.8. The van der Waals surface area contributed by atoms with Crippen molar-refractivity contribution in [1.29, 1.82) is 0 Å². The fraction of sp³-hybridized carbons (Fsp3) is 0.303. The number of rotatable bonds is 9. The van der Waals surface area contributed by atoms with Crippen LogP contribution >= 0.6 is 31.9 Å². The number of carbonyl (C=O) groups excluding carboxylic acids is 5. The number of nitrogens with zero attached hydrogens (tertiary/aromatic N) is 1. The highest BCUT2D eigenvalue weighted by Gasteiger charge is 2.67. The van der Waals surface area contributed by atoms with Crippen LogP contribution in [0, 0.1) is 23.7 Å². The third-order valence-corrected chi connectivity index (χ3v) is 11.8. The van der Waals surface area contributed by atoms with E-state index in [0.717, 1.165) is 16.9 Å². The Hall–Kier alpha value is -3.63. The number of amides is 2. The molecule has 3 fully saturated rings. The van der Waals surface area contributed by atoms with Crippen molar-refractivity contribution in [3.8, 4) is 5.75 Å². The zero-order valence-electron chi connectivity index (χ0n) is 22.8. The summed E-state index contributed by atoms with van der Waals surface area (Å²) >= 11 is 7.38. The zero-order chi connectivity index (χ0) is 30.2. The molecule has 7 atom stereocenters. The number of hydrogen-bond acceptors (Lipinski definition) is 7. The van der Waals surface area contributed by atoms with E-state index in [4.69, 9.17) is 9.47 Å². The third kappa shape index (κ3) is 5.58. The summed E-state index contributed by atoms with van der Waals surface area (Å²) in [4.78, 5) is 67.3. The second-order valence-corrected chi connectivity index (χ2v) is 13.2. The van der Waals surface area contributed by atoms with Crippen LogP contribution in [0.5, 0.6) is 5.75 Å². The summed E-state index contributed by atoms with van der Waals surface area (Å²) in [6, 6.07) is 22.3. The van der Waals surface area contributed by atoms with Crippen molar-refractivity contribution in [3.05, 3.63) is 102 Å². The summed E-state index contributed by atoms with van der Waals surface area (Å²) < 4.78 is 10.8. The first-order chi connectivity index (χ1) is 20.7. The normalized spacial score (nSPS) is 26.2. The summed E-state index contributed by atoms with van der Waals surface area (Å²) in [5.74, 6) is -3.21. The molecule has 43 heavy (non-hydrogen) atoms. The summed E-state index contributed by atoms with van der Waals surface area (Å²) in [6.07, 6.45) is 0.857. The van der Waals surface area contributed by atoms with Crippen molar-refractivity contribution in [1.82, 2.24) is 4.90 Å². The molecule has 3 aromatic rings. The van der Waals surface area contributed by atoms with Crippen LogP contribution in [0.2, 0.25) is 0 Å². The molecule has 8 nitrogen and oxygen atoms in total. The highest BCUT2D eigenvalue weighted by atomic mass is 79.9.